The monoisotopic (exact) mass is 201 g/mol. The Hall–Kier alpha value is -1.31. The molecule has 2 aliphatic rings. The zero-order chi connectivity index (χ0) is 10.1. The molecule has 0 radical (unpaired) electrons. The molecule has 1 saturated carbocycles. The van der Waals surface area contributed by atoms with Crippen molar-refractivity contribution >= 4 is 5.90 Å². The van der Waals surface area contributed by atoms with Gasteiger partial charge in [-0.1, -0.05) is 18.2 Å². The van der Waals surface area contributed by atoms with E-state index in [1.54, 1.807) is 0 Å². The van der Waals surface area contributed by atoms with Crippen LogP contribution < -0.4 is 0 Å². The van der Waals surface area contributed by atoms with Crippen molar-refractivity contribution in [2.24, 2.45) is 10.9 Å². The first-order chi connectivity index (χ1) is 7.43. The molecular formula is C13H15NO. The Bertz CT molecular complexity index is 371. The van der Waals surface area contributed by atoms with Crippen LogP contribution in [0.25, 0.3) is 0 Å². The van der Waals surface area contributed by atoms with Gasteiger partial charge < -0.3 is 4.74 Å². The van der Waals surface area contributed by atoms with Gasteiger partial charge >= 0.3 is 0 Å². The Morgan fingerprint density at radius 2 is 2.00 bits per heavy atom. The lowest BCUT2D eigenvalue weighted by atomic mass is 10.0. The smallest absolute Gasteiger partial charge is 0.216 e. The van der Waals surface area contributed by atoms with Gasteiger partial charge in [0.05, 0.1) is 0 Å². The normalized spacial score (nSPS) is 29.2. The average Bonchev–Trinajstić information content (AvgIpc) is 2.77. The van der Waals surface area contributed by atoms with Gasteiger partial charge in [-0.05, 0) is 31.4 Å². The highest BCUT2D eigenvalue weighted by Crippen LogP contribution is 2.32. The number of ether oxygens (including phenoxy) is 1. The van der Waals surface area contributed by atoms with Crippen LogP contribution in [-0.2, 0) is 4.74 Å². The largest absolute Gasteiger partial charge is 0.474 e. The maximum Gasteiger partial charge on any atom is 0.216 e. The van der Waals surface area contributed by atoms with E-state index < -0.39 is 0 Å². The van der Waals surface area contributed by atoms with Gasteiger partial charge in [0.15, 0.2) is 0 Å². The molecular weight excluding hydrogens is 186 g/mol. The van der Waals surface area contributed by atoms with E-state index in [0.717, 1.165) is 18.0 Å². The minimum Gasteiger partial charge on any atom is -0.474 e. The number of rotatable bonds is 1. The molecule has 0 aromatic heterocycles. The van der Waals surface area contributed by atoms with Gasteiger partial charge in [0.1, 0.15) is 6.10 Å². The summed E-state index contributed by atoms with van der Waals surface area (Å²) in [5.74, 6) is 1.52. The van der Waals surface area contributed by atoms with E-state index >= 15 is 0 Å². The molecule has 1 aliphatic carbocycles. The van der Waals surface area contributed by atoms with E-state index in [0.29, 0.717) is 12.0 Å². The summed E-state index contributed by atoms with van der Waals surface area (Å²) in [6.07, 6.45) is 4.22. The molecule has 1 aromatic carbocycles. The lowest BCUT2D eigenvalue weighted by Crippen LogP contribution is -2.29. The van der Waals surface area contributed by atoms with Crippen molar-refractivity contribution in [1.29, 1.82) is 0 Å². The van der Waals surface area contributed by atoms with E-state index in [1.807, 2.05) is 18.2 Å². The lowest BCUT2D eigenvalue weighted by molar-refractivity contribution is 0.134. The number of benzene rings is 1. The molecule has 2 atom stereocenters. The molecule has 2 nitrogen and oxygen atoms in total. The van der Waals surface area contributed by atoms with Crippen LogP contribution in [0.5, 0.6) is 0 Å². The van der Waals surface area contributed by atoms with Crippen molar-refractivity contribution in [3.05, 3.63) is 35.9 Å². The van der Waals surface area contributed by atoms with Crippen LogP contribution in [0, 0.1) is 5.92 Å². The highest BCUT2D eigenvalue weighted by atomic mass is 16.5. The molecule has 1 aromatic rings. The van der Waals surface area contributed by atoms with Crippen LogP contribution in [0.4, 0.5) is 0 Å². The maximum absolute atomic E-state index is 5.95. The number of aliphatic imine (C=N–C) groups is 1. The minimum absolute atomic E-state index is 0.428. The van der Waals surface area contributed by atoms with Crippen LogP contribution >= 0.6 is 0 Å². The highest BCUT2D eigenvalue weighted by molar-refractivity contribution is 5.94. The van der Waals surface area contributed by atoms with Gasteiger partial charge in [-0.2, -0.15) is 0 Å². The first-order valence-electron chi connectivity index (χ1n) is 5.70. The summed E-state index contributed by atoms with van der Waals surface area (Å²) >= 11 is 0. The third kappa shape index (κ3) is 1.65. The first-order valence-corrected chi connectivity index (χ1v) is 5.70. The summed E-state index contributed by atoms with van der Waals surface area (Å²) in [5, 5.41) is 0. The molecule has 1 aliphatic heterocycles. The Labute approximate surface area is 90.0 Å². The molecule has 0 bridgehead atoms. The summed E-state index contributed by atoms with van der Waals surface area (Å²) in [7, 11) is 0. The van der Waals surface area contributed by atoms with Crippen molar-refractivity contribution < 1.29 is 4.74 Å². The topological polar surface area (TPSA) is 21.6 Å². The molecule has 0 saturated heterocycles. The SMILES string of the molecule is c1ccc(C2=NC[C@@H]3CCC[C@@H]3O2)cc1. The molecule has 0 N–H and O–H groups in total. The number of fused-ring (bicyclic) bond motifs is 1. The molecule has 3 rings (SSSR count). The fourth-order valence-electron chi connectivity index (χ4n) is 2.49. The van der Waals surface area contributed by atoms with Gasteiger partial charge in [0.25, 0.3) is 0 Å². The van der Waals surface area contributed by atoms with Gasteiger partial charge in [0.2, 0.25) is 5.90 Å². The quantitative estimate of drug-likeness (QED) is 0.684. The number of hydrogen-bond donors (Lipinski definition) is 0. The zero-order valence-corrected chi connectivity index (χ0v) is 8.73. The molecule has 2 heteroatoms. The maximum atomic E-state index is 5.95. The van der Waals surface area contributed by atoms with Crippen LogP contribution in [0.2, 0.25) is 0 Å². The molecule has 0 amide bonds. The predicted molar refractivity (Wildman–Crippen MR) is 60.1 cm³/mol. The Morgan fingerprint density at radius 3 is 2.87 bits per heavy atom. The van der Waals surface area contributed by atoms with Crippen LogP contribution in [0.3, 0.4) is 0 Å². The summed E-state index contributed by atoms with van der Waals surface area (Å²) in [4.78, 5) is 4.54. The van der Waals surface area contributed by atoms with Crippen molar-refractivity contribution in [3.63, 3.8) is 0 Å². The zero-order valence-electron chi connectivity index (χ0n) is 8.73. The van der Waals surface area contributed by atoms with Crippen molar-refractivity contribution in [3.8, 4) is 0 Å². The molecule has 0 spiro atoms. The van der Waals surface area contributed by atoms with Gasteiger partial charge in [0, 0.05) is 18.0 Å². The summed E-state index contributed by atoms with van der Waals surface area (Å²) in [5.41, 5.74) is 1.11. The third-order valence-electron chi connectivity index (χ3n) is 3.34. The summed E-state index contributed by atoms with van der Waals surface area (Å²) in [6.45, 7) is 0.953. The fraction of sp³-hybridized carbons (Fsp3) is 0.462. The lowest BCUT2D eigenvalue weighted by Gasteiger charge is -2.25. The van der Waals surface area contributed by atoms with Gasteiger partial charge in [-0.25, -0.2) is 0 Å². The van der Waals surface area contributed by atoms with Gasteiger partial charge in [-0.3, -0.25) is 4.99 Å². The standard InChI is InChI=1S/C13H15NO/c1-2-5-10(6-3-1)13-14-9-11-7-4-8-12(11)15-13/h1-3,5-6,11-12H,4,7-9H2/t11-,12-/m0/s1. The second-order valence-electron chi connectivity index (χ2n) is 4.36. The Morgan fingerprint density at radius 1 is 1.13 bits per heavy atom. The van der Waals surface area contributed by atoms with Crippen molar-refractivity contribution in [1.82, 2.24) is 0 Å². The summed E-state index contributed by atoms with van der Waals surface area (Å²) in [6, 6.07) is 10.2. The van der Waals surface area contributed by atoms with Crippen LogP contribution in [0.15, 0.2) is 35.3 Å². The molecule has 0 unspecified atom stereocenters. The van der Waals surface area contributed by atoms with E-state index in [2.05, 4.69) is 17.1 Å². The van der Waals surface area contributed by atoms with E-state index in [9.17, 15) is 0 Å². The second-order valence-corrected chi connectivity index (χ2v) is 4.36. The van der Waals surface area contributed by atoms with E-state index in [1.165, 1.54) is 19.3 Å². The van der Waals surface area contributed by atoms with E-state index in [-0.39, 0.29) is 0 Å². The Balaban J connectivity index is 1.84. The molecule has 1 heterocycles. The van der Waals surface area contributed by atoms with Crippen molar-refractivity contribution in [2.75, 3.05) is 6.54 Å². The molecule has 15 heavy (non-hydrogen) atoms. The van der Waals surface area contributed by atoms with Crippen molar-refractivity contribution in [2.45, 2.75) is 25.4 Å². The minimum atomic E-state index is 0.428. The molecule has 78 valence electrons. The number of hydrogen-bond acceptors (Lipinski definition) is 2. The fourth-order valence-corrected chi connectivity index (χ4v) is 2.49. The summed E-state index contributed by atoms with van der Waals surface area (Å²) < 4.78 is 5.95. The van der Waals surface area contributed by atoms with Crippen LogP contribution in [-0.4, -0.2) is 18.5 Å². The predicted octanol–water partition coefficient (Wildman–Crippen LogP) is 2.63. The van der Waals surface area contributed by atoms with E-state index in [4.69, 9.17) is 4.74 Å². The third-order valence-corrected chi connectivity index (χ3v) is 3.34. The first kappa shape index (κ1) is 8.96. The number of nitrogens with zero attached hydrogens (tertiary/aromatic N) is 1. The second kappa shape index (κ2) is 3.69. The average molecular weight is 201 g/mol. The highest BCUT2D eigenvalue weighted by Gasteiger charge is 2.32. The molecule has 1 fully saturated rings. The van der Waals surface area contributed by atoms with Crippen LogP contribution in [0.1, 0.15) is 24.8 Å². The Kier molecular flexibility index (Phi) is 2.20. The van der Waals surface area contributed by atoms with Gasteiger partial charge in [-0.15, -0.1) is 0 Å².